The Hall–Kier alpha value is -0.770. The third-order valence-electron chi connectivity index (χ3n) is 2.05. The highest BCUT2D eigenvalue weighted by molar-refractivity contribution is 5.64. The summed E-state index contributed by atoms with van der Waals surface area (Å²) in [6.07, 6.45) is 1.97. The van der Waals surface area contributed by atoms with Crippen LogP contribution in [0.15, 0.2) is 0 Å². The lowest BCUT2D eigenvalue weighted by molar-refractivity contribution is 0.106. The zero-order valence-electron chi connectivity index (χ0n) is 6.54. The smallest absolute Gasteiger partial charge is 0.404 e. The number of rotatable bonds is 2. The molecular formula is C7H13NO3. The fourth-order valence-electron chi connectivity index (χ4n) is 1.46. The average molecular weight is 159 g/mol. The average Bonchev–Trinajstić information content (AvgIpc) is 2.34. The van der Waals surface area contributed by atoms with Crippen LogP contribution in [-0.4, -0.2) is 30.5 Å². The van der Waals surface area contributed by atoms with E-state index in [9.17, 15) is 4.79 Å². The molecule has 0 aromatic carbocycles. The van der Waals surface area contributed by atoms with Gasteiger partial charge in [-0.25, -0.2) is 4.79 Å². The normalized spacial score (nSPS) is 30.3. The van der Waals surface area contributed by atoms with E-state index in [0.717, 1.165) is 19.3 Å². The molecule has 2 unspecified atom stereocenters. The number of hydrogen-bond donors (Lipinski definition) is 2. The van der Waals surface area contributed by atoms with Crippen LogP contribution in [0.5, 0.6) is 0 Å². The predicted octanol–water partition coefficient (Wildman–Crippen LogP) is 0.822. The minimum absolute atomic E-state index is 0.0949. The Bertz CT molecular complexity index is 149. The van der Waals surface area contributed by atoms with Crippen LogP contribution in [0.1, 0.15) is 19.3 Å². The van der Waals surface area contributed by atoms with Gasteiger partial charge in [-0.05, 0) is 19.3 Å². The number of carbonyl (C=O) groups is 1. The van der Waals surface area contributed by atoms with Gasteiger partial charge in [0.25, 0.3) is 0 Å². The molecule has 64 valence electrons. The molecule has 0 aromatic heterocycles. The number of carboxylic acid groups (broad SMARTS) is 1. The molecule has 2 N–H and O–H groups in total. The van der Waals surface area contributed by atoms with Gasteiger partial charge in [0.05, 0.1) is 6.10 Å². The van der Waals surface area contributed by atoms with Gasteiger partial charge in [0.2, 0.25) is 0 Å². The van der Waals surface area contributed by atoms with Crippen molar-refractivity contribution in [1.82, 2.24) is 5.32 Å². The molecule has 1 amide bonds. The molecular weight excluding hydrogens is 146 g/mol. The van der Waals surface area contributed by atoms with E-state index in [1.807, 2.05) is 0 Å². The van der Waals surface area contributed by atoms with E-state index in [1.54, 1.807) is 7.11 Å². The summed E-state index contributed by atoms with van der Waals surface area (Å²) in [5, 5.41) is 10.8. The standard InChI is InChI=1S/C7H13NO3/c1-11-6-3-2-5(4-6)8-7(9)10/h5-6,8H,2-4H2,1H3,(H,9,10). The van der Waals surface area contributed by atoms with Crippen molar-refractivity contribution in [3.05, 3.63) is 0 Å². The molecule has 0 radical (unpaired) electrons. The zero-order valence-corrected chi connectivity index (χ0v) is 6.54. The van der Waals surface area contributed by atoms with Gasteiger partial charge in [-0.3, -0.25) is 0 Å². The molecule has 0 aromatic rings. The Morgan fingerprint density at radius 2 is 2.36 bits per heavy atom. The summed E-state index contributed by atoms with van der Waals surface area (Å²) in [5.41, 5.74) is 0. The van der Waals surface area contributed by atoms with Crippen LogP contribution in [0.2, 0.25) is 0 Å². The van der Waals surface area contributed by atoms with Crippen molar-refractivity contribution in [2.45, 2.75) is 31.4 Å². The molecule has 1 fully saturated rings. The Kier molecular flexibility index (Phi) is 2.70. The second-order valence-corrected chi connectivity index (χ2v) is 2.82. The van der Waals surface area contributed by atoms with Crippen LogP contribution in [0.4, 0.5) is 4.79 Å². The van der Waals surface area contributed by atoms with E-state index in [1.165, 1.54) is 0 Å². The summed E-state index contributed by atoms with van der Waals surface area (Å²) in [5.74, 6) is 0. The van der Waals surface area contributed by atoms with E-state index in [0.29, 0.717) is 0 Å². The molecule has 1 aliphatic rings. The Morgan fingerprint density at radius 3 is 2.82 bits per heavy atom. The van der Waals surface area contributed by atoms with Gasteiger partial charge in [-0.1, -0.05) is 0 Å². The summed E-state index contributed by atoms with van der Waals surface area (Å²) < 4.78 is 5.09. The van der Waals surface area contributed by atoms with E-state index in [2.05, 4.69) is 5.32 Å². The molecule has 4 nitrogen and oxygen atoms in total. The van der Waals surface area contributed by atoms with Gasteiger partial charge < -0.3 is 15.2 Å². The fraction of sp³-hybridized carbons (Fsp3) is 0.857. The first-order valence-electron chi connectivity index (χ1n) is 3.74. The van der Waals surface area contributed by atoms with Gasteiger partial charge in [0, 0.05) is 13.2 Å². The number of ether oxygens (including phenoxy) is 1. The first-order chi connectivity index (χ1) is 5.22. The van der Waals surface area contributed by atoms with Crippen LogP contribution in [-0.2, 0) is 4.74 Å². The van der Waals surface area contributed by atoms with Crippen LogP contribution >= 0.6 is 0 Å². The number of nitrogens with one attached hydrogen (secondary N) is 1. The van der Waals surface area contributed by atoms with Gasteiger partial charge in [-0.15, -0.1) is 0 Å². The van der Waals surface area contributed by atoms with E-state index >= 15 is 0 Å². The molecule has 11 heavy (non-hydrogen) atoms. The maximum atomic E-state index is 10.2. The van der Waals surface area contributed by atoms with Crippen molar-refractivity contribution in [2.75, 3.05) is 7.11 Å². The molecule has 0 spiro atoms. The first-order valence-corrected chi connectivity index (χ1v) is 3.74. The Labute approximate surface area is 65.5 Å². The van der Waals surface area contributed by atoms with Crippen LogP contribution in [0.25, 0.3) is 0 Å². The van der Waals surface area contributed by atoms with Crippen molar-refractivity contribution in [3.8, 4) is 0 Å². The molecule has 1 aliphatic carbocycles. The van der Waals surface area contributed by atoms with Crippen LogP contribution in [0.3, 0.4) is 0 Å². The maximum Gasteiger partial charge on any atom is 0.404 e. The summed E-state index contributed by atoms with van der Waals surface area (Å²) in [6, 6.07) is 0.0949. The highest BCUT2D eigenvalue weighted by Crippen LogP contribution is 2.20. The van der Waals surface area contributed by atoms with Crippen LogP contribution in [0, 0.1) is 0 Å². The van der Waals surface area contributed by atoms with E-state index < -0.39 is 6.09 Å². The topological polar surface area (TPSA) is 58.6 Å². The number of methoxy groups -OCH3 is 1. The van der Waals surface area contributed by atoms with Crippen molar-refractivity contribution in [2.24, 2.45) is 0 Å². The van der Waals surface area contributed by atoms with Crippen molar-refractivity contribution in [1.29, 1.82) is 0 Å². The predicted molar refractivity (Wildman–Crippen MR) is 39.6 cm³/mol. The lowest BCUT2D eigenvalue weighted by Gasteiger charge is -2.09. The van der Waals surface area contributed by atoms with E-state index in [-0.39, 0.29) is 12.1 Å². The molecule has 2 atom stereocenters. The van der Waals surface area contributed by atoms with Gasteiger partial charge in [0.1, 0.15) is 0 Å². The maximum absolute atomic E-state index is 10.2. The van der Waals surface area contributed by atoms with Crippen molar-refractivity contribution in [3.63, 3.8) is 0 Å². The Morgan fingerprint density at radius 1 is 1.64 bits per heavy atom. The minimum Gasteiger partial charge on any atom is -0.465 e. The fourth-order valence-corrected chi connectivity index (χ4v) is 1.46. The summed E-state index contributed by atoms with van der Waals surface area (Å²) in [4.78, 5) is 10.2. The second-order valence-electron chi connectivity index (χ2n) is 2.82. The SMILES string of the molecule is COC1CCC(NC(=O)O)C1. The van der Waals surface area contributed by atoms with Gasteiger partial charge >= 0.3 is 6.09 Å². The summed E-state index contributed by atoms with van der Waals surface area (Å²) >= 11 is 0. The largest absolute Gasteiger partial charge is 0.465 e. The lowest BCUT2D eigenvalue weighted by Crippen LogP contribution is -2.31. The van der Waals surface area contributed by atoms with E-state index in [4.69, 9.17) is 9.84 Å². The number of hydrogen-bond acceptors (Lipinski definition) is 2. The van der Waals surface area contributed by atoms with Crippen LogP contribution < -0.4 is 5.32 Å². The highest BCUT2D eigenvalue weighted by Gasteiger charge is 2.25. The molecule has 1 rings (SSSR count). The quantitative estimate of drug-likeness (QED) is 0.627. The monoisotopic (exact) mass is 159 g/mol. The molecule has 0 heterocycles. The molecule has 4 heteroatoms. The minimum atomic E-state index is -0.938. The summed E-state index contributed by atoms with van der Waals surface area (Å²) in [7, 11) is 1.66. The molecule has 1 saturated carbocycles. The third kappa shape index (κ3) is 2.38. The van der Waals surface area contributed by atoms with Gasteiger partial charge in [0.15, 0.2) is 0 Å². The Balaban J connectivity index is 2.24. The number of amides is 1. The lowest BCUT2D eigenvalue weighted by atomic mass is 10.2. The first kappa shape index (κ1) is 8.33. The zero-order chi connectivity index (χ0) is 8.27. The summed E-state index contributed by atoms with van der Waals surface area (Å²) in [6.45, 7) is 0. The molecule has 0 aliphatic heterocycles. The second kappa shape index (κ2) is 3.57. The highest BCUT2D eigenvalue weighted by atomic mass is 16.5. The molecule has 0 bridgehead atoms. The van der Waals surface area contributed by atoms with Crippen molar-refractivity contribution < 1.29 is 14.6 Å². The van der Waals surface area contributed by atoms with Gasteiger partial charge in [-0.2, -0.15) is 0 Å². The third-order valence-corrected chi connectivity index (χ3v) is 2.05. The molecule has 0 saturated heterocycles. The van der Waals surface area contributed by atoms with Crippen molar-refractivity contribution >= 4 is 6.09 Å².